The summed E-state index contributed by atoms with van der Waals surface area (Å²) in [5.74, 6) is -0.871. The maximum atomic E-state index is 12.3. The van der Waals surface area contributed by atoms with E-state index in [9.17, 15) is 14.5 Å². The van der Waals surface area contributed by atoms with Gasteiger partial charge in [-0.2, -0.15) is 0 Å². The van der Waals surface area contributed by atoms with E-state index in [4.69, 9.17) is 9.05 Å². The quantitative estimate of drug-likeness (QED) is 0.623. The predicted molar refractivity (Wildman–Crippen MR) is 70.8 cm³/mol. The molecule has 0 spiro atoms. The largest absolute Gasteiger partial charge is 0.392 e. The van der Waals surface area contributed by atoms with Crippen molar-refractivity contribution < 1.29 is 23.5 Å². The van der Waals surface area contributed by atoms with Gasteiger partial charge in [-0.25, -0.2) is 0 Å². The van der Waals surface area contributed by atoms with E-state index in [-0.39, 0.29) is 25.2 Å². The monoisotopic (exact) mass is 280 g/mol. The molecule has 0 aliphatic carbocycles. The second kappa shape index (κ2) is 8.81. The highest BCUT2D eigenvalue weighted by molar-refractivity contribution is 7.53. The summed E-state index contributed by atoms with van der Waals surface area (Å²) in [6, 6.07) is 0. The van der Waals surface area contributed by atoms with Gasteiger partial charge in [0, 0.05) is 0 Å². The Labute approximate surface area is 109 Å². The molecule has 0 fully saturated rings. The summed E-state index contributed by atoms with van der Waals surface area (Å²) < 4.78 is 22.6. The fraction of sp³-hybridized carbons (Fsp3) is 0.917. The molecule has 5 nitrogen and oxygen atoms in total. The molecule has 0 saturated carbocycles. The maximum absolute atomic E-state index is 12.3. The Balaban J connectivity index is 4.81. The lowest BCUT2D eigenvalue weighted by Crippen LogP contribution is -2.30. The van der Waals surface area contributed by atoms with Crippen LogP contribution in [0.3, 0.4) is 0 Å². The van der Waals surface area contributed by atoms with E-state index in [1.165, 1.54) is 6.92 Å². The number of aliphatic hydroxyl groups excluding tert-OH is 1. The van der Waals surface area contributed by atoms with Crippen molar-refractivity contribution in [2.24, 2.45) is 5.92 Å². The number of aliphatic hydroxyl groups is 1. The van der Waals surface area contributed by atoms with E-state index in [1.54, 1.807) is 13.8 Å². The molecule has 108 valence electrons. The molecular weight excluding hydrogens is 255 g/mol. The number of carbonyl (C=O) groups excluding carboxylic acids is 1. The van der Waals surface area contributed by atoms with Gasteiger partial charge in [0.2, 0.25) is 0 Å². The molecule has 0 aromatic heterocycles. The molecule has 0 amide bonds. The van der Waals surface area contributed by atoms with Crippen LogP contribution in [0.4, 0.5) is 0 Å². The molecule has 0 rings (SSSR count). The number of carbonyl (C=O) groups is 1. The zero-order valence-electron chi connectivity index (χ0n) is 11.7. The van der Waals surface area contributed by atoms with Gasteiger partial charge < -0.3 is 14.2 Å². The van der Waals surface area contributed by atoms with Crippen molar-refractivity contribution in [2.45, 2.75) is 46.6 Å². The number of hydrogen-bond acceptors (Lipinski definition) is 5. The fourth-order valence-corrected chi connectivity index (χ4v) is 3.85. The number of rotatable bonds is 10. The third kappa shape index (κ3) is 6.10. The van der Waals surface area contributed by atoms with Crippen LogP contribution in [0.2, 0.25) is 0 Å². The summed E-state index contributed by atoms with van der Waals surface area (Å²) >= 11 is 0. The van der Waals surface area contributed by atoms with Gasteiger partial charge in [0.05, 0.1) is 31.4 Å². The van der Waals surface area contributed by atoms with E-state index in [2.05, 4.69) is 0 Å². The topological polar surface area (TPSA) is 72.8 Å². The summed E-state index contributed by atoms with van der Waals surface area (Å²) in [7, 11) is -3.29. The van der Waals surface area contributed by atoms with Crippen LogP contribution in [0.15, 0.2) is 0 Å². The van der Waals surface area contributed by atoms with E-state index >= 15 is 0 Å². The number of hydrogen-bond donors (Lipinski definition) is 1. The molecule has 0 aliphatic rings. The molecule has 2 atom stereocenters. The molecule has 1 N–H and O–H groups in total. The first-order valence-electron chi connectivity index (χ1n) is 6.46. The first kappa shape index (κ1) is 17.8. The van der Waals surface area contributed by atoms with Crippen LogP contribution in [0, 0.1) is 5.92 Å². The summed E-state index contributed by atoms with van der Waals surface area (Å²) in [5.41, 5.74) is 0. The smallest absolute Gasteiger partial charge is 0.331 e. The molecular formula is C12H25O5P. The van der Waals surface area contributed by atoms with E-state index in [0.29, 0.717) is 6.42 Å². The van der Waals surface area contributed by atoms with Gasteiger partial charge in [-0.3, -0.25) is 9.36 Å². The summed E-state index contributed by atoms with van der Waals surface area (Å²) in [4.78, 5) is 11.6. The minimum atomic E-state index is -3.29. The lowest BCUT2D eigenvalue weighted by molar-refractivity contribution is -0.123. The normalized spacial score (nSPS) is 15.4. The lowest BCUT2D eigenvalue weighted by atomic mass is 9.97. The van der Waals surface area contributed by atoms with Crippen molar-refractivity contribution in [3.05, 3.63) is 0 Å². The van der Waals surface area contributed by atoms with Crippen LogP contribution in [0.25, 0.3) is 0 Å². The summed E-state index contributed by atoms with van der Waals surface area (Å²) in [5, 5.41) is 9.93. The zero-order valence-corrected chi connectivity index (χ0v) is 12.6. The Morgan fingerprint density at radius 2 is 1.72 bits per heavy atom. The number of ketones is 1. The molecule has 18 heavy (non-hydrogen) atoms. The average Bonchev–Trinajstić information content (AvgIpc) is 2.26. The van der Waals surface area contributed by atoms with Crippen LogP contribution in [-0.4, -0.2) is 36.4 Å². The standard InChI is InChI=1S/C12H25O5P/c1-5-8-12(14)11(10(4)13)9-18(15,16-6-2)17-7-3/h11-12,14H,5-9H2,1-4H3/t11-,12-/m0/s1. The third-order valence-corrected chi connectivity index (χ3v) is 4.79. The van der Waals surface area contributed by atoms with Gasteiger partial charge in [-0.1, -0.05) is 13.3 Å². The van der Waals surface area contributed by atoms with Gasteiger partial charge in [-0.05, 0) is 27.2 Å². The second-order valence-corrected chi connectivity index (χ2v) is 6.31. The van der Waals surface area contributed by atoms with Crippen LogP contribution in [-0.2, 0) is 18.4 Å². The van der Waals surface area contributed by atoms with Crippen LogP contribution < -0.4 is 0 Å². The molecule has 0 saturated heterocycles. The molecule has 0 aliphatic heterocycles. The highest BCUT2D eigenvalue weighted by Crippen LogP contribution is 2.50. The van der Waals surface area contributed by atoms with Gasteiger partial charge in [0.25, 0.3) is 0 Å². The Morgan fingerprint density at radius 1 is 1.22 bits per heavy atom. The third-order valence-electron chi connectivity index (χ3n) is 2.64. The van der Waals surface area contributed by atoms with Crippen molar-refractivity contribution in [1.82, 2.24) is 0 Å². The summed E-state index contributed by atoms with van der Waals surface area (Å²) in [6.07, 6.45) is 0.424. The van der Waals surface area contributed by atoms with Gasteiger partial charge in [0.15, 0.2) is 0 Å². The Kier molecular flexibility index (Phi) is 8.70. The molecule has 0 unspecified atom stereocenters. The Hall–Kier alpha value is -0.220. The van der Waals surface area contributed by atoms with Crippen LogP contribution in [0.1, 0.15) is 40.5 Å². The minimum Gasteiger partial charge on any atom is -0.392 e. The zero-order chi connectivity index (χ0) is 14.2. The van der Waals surface area contributed by atoms with Crippen molar-refractivity contribution in [2.75, 3.05) is 19.4 Å². The Bertz CT molecular complexity index is 282. The lowest BCUT2D eigenvalue weighted by Gasteiger charge is -2.24. The SMILES string of the molecule is CCC[C@H](O)[C@@H](CP(=O)(OCC)OCC)C(C)=O. The molecule has 0 aromatic carbocycles. The summed E-state index contributed by atoms with van der Waals surface area (Å²) in [6.45, 7) is 7.27. The fourth-order valence-electron chi connectivity index (χ4n) is 1.80. The van der Waals surface area contributed by atoms with Crippen LogP contribution >= 0.6 is 7.60 Å². The number of Topliss-reactive ketones (excluding diaryl/α,β-unsaturated/α-hetero) is 1. The van der Waals surface area contributed by atoms with Crippen molar-refractivity contribution in [3.8, 4) is 0 Å². The molecule has 0 aromatic rings. The van der Waals surface area contributed by atoms with Crippen molar-refractivity contribution in [1.29, 1.82) is 0 Å². The van der Waals surface area contributed by atoms with Crippen molar-refractivity contribution >= 4 is 13.4 Å². The van der Waals surface area contributed by atoms with E-state index in [1.807, 2.05) is 6.92 Å². The van der Waals surface area contributed by atoms with Gasteiger partial charge >= 0.3 is 7.60 Å². The highest BCUT2D eigenvalue weighted by atomic mass is 31.2. The van der Waals surface area contributed by atoms with Gasteiger partial charge in [-0.15, -0.1) is 0 Å². The highest BCUT2D eigenvalue weighted by Gasteiger charge is 2.34. The van der Waals surface area contributed by atoms with Crippen molar-refractivity contribution in [3.63, 3.8) is 0 Å². The minimum absolute atomic E-state index is 0.0504. The molecule has 6 heteroatoms. The van der Waals surface area contributed by atoms with E-state index < -0.39 is 19.6 Å². The second-order valence-electron chi connectivity index (χ2n) is 4.20. The molecule has 0 bridgehead atoms. The van der Waals surface area contributed by atoms with Crippen LogP contribution in [0.5, 0.6) is 0 Å². The predicted octanol–water partition coefficient (Wildman–Crippen LogP) is 2.62. The maximum Gasteiger partial charge on any atom is 0.331 e. The average molecular weight is 280 g/mol. The Morgan fingerprint density at radius 3 is 2.06 bits per heavy atom. The first-order chi connectivity index (χ1) is 8.40. The molecule has 0 radical (unpaired) electrons. The van der Waals surface area contributed by atoms with Gasteiger partial charge in [0.1, 0.15) is 5.78 Å². The molecule has 0 heterocycles. The van der Waals surface area contributed by atoms with E-state index in [0.717, 1.165) is 6.42 Å². The first-order valence-corrected chi connectivity index (χ1v) is 8.19.